The van der Waals surface area contributed by atoms with Crippen LogP contribution in [0.2, 0.25) is 0 Å². The van der Waals surface area contributed by atoms with E-state index in [-0.39, 0.29) is 0 Å². The normalized spacial score (nSPS) is 11.9. The van der Waals surface area contributed by atoms with Gasteiger partial charge in [0.05, 0.1) is 22.3 Å². The molecule has 180 valence electrons. The van der Waals surface area contributed by atoms with Gasteiger partial charge < -0.3 is 8.98 Å². The fourth-order valence-electron chi connectivity index (χ4n) is 6.28. The maximum absolute atomic E-state index is 6.72. The lowest BCUT2D eigenvalue weighted by molar-refractivity contribution is -0.659. The lowest BCUT2D eigenvalue weighted by Gasteiger charge is -2.09. The van der Waals surface area contributed by atoms with Crippen LogP contribution in [0.15, 0.2) is 120 Å². The van der Waals surface area contributed by atoms with Crippen LogP contribution in [0, 0.1) is 6.92 Å². The Bertz CT molecular complexity index is 2160. The molecule has 0 aliphatic heterocycles. The van der Waals surface area contributed by atoms with Crippen LogP contribution in [0.4, 0.5) is 0 Å². The summed E-state index contributed by atoms with van der Waals surface area (Å²) in [5.41, 5.74) is 8.88. The summed E-state index contributed by atoms with van der Waals surface area (Å²) in [6.07, 6.45) is 2.11. The van der Waals surface area contributed by atoms with Crippen LogP contribution < -0.4 is 4.57 Å². The molecule has 3 nitrogen and oxygen atoms in total. The maximum Gasteiger partial charge on any atom is 0.224 e. The highest BCUT2D eigenvalue weighted by atomic mass is 16.3. The Balaban J connectivity index is 1.49. The summed E-state index contributed by atoms with van der Waals surface area (Å²) in [7, 11) is 2.12. The Morgan fingerprint density at radius 3 is 2.05 bits per heavy atom. The molecule has 0 atom stereocenters. The van der Waals surface area contributed by atoms with Crippen molar-refractivity contribution in [2.75, 3.05) is 0 Å². The molecule has 0 saturated heterocycles. The highest BCUT2D eigenvalue weighted by Gasteiger charge is 2.25. The molecular formula is C35H25N2O+. The Kier molecular flexibility index (Phi) is 4.36. The lowest BCUT2D eigenvalue weighted by atomic mass is 9.95. The van der Waals surface area contributed by atoms with Crippen LogP contribution in [0.5, 0.6) is 0 Å². The van der Waals surface area contributed by atoms with Crippen LogP contribution >= 0.6 is 0 Å². The number of hydrogen-bond donors (Lipinski definition) is 0. The number of rotatable bonds is 2. The van der Waals surface area contributed by atoms with Gasteiger partial charge in [-0.05, 0) is 47.5 Å². The topological polar surface area (TPSA) is 21.9 Å². The highest BCUT2D eigenvalue weighted by molar-refractivity contribution is 6.15. The Morgan fingerprint density at radius 1 is 0.632 bits per heavy atom. The molecular weight excluding hydrogens is 464 g/mol. The number of aromatic nitrogens is 2. The average molecular weight is 490 g/mol. The van der Waals surface area contributed by atoms with E-state index in [0.717, 1.165) is 27.6 Å². The summed E-state index contributed by atoms with van der Waals surface area (Å²) < 4.78 is 11.3. The molecule has 0 saturated carbocycles. The molecule has 0 bridgehead atoms. The van der Waals surface area contributed by atoms with Gasteiger partial charge in [-0.25, -0.2) is 4.57 Å². The molecule has 0 spiro atoms. The smallest absolute Gasteiger partial charge is 0.224 e. The summed E-state index contributed by atoms with van der Waals surface area (Å²) in [5, 5.41) is 7.30. The minimum atomic E-state index is 0.897. The van der Waals surface area contributed by atoms with Gasteiger partial charge in [-0.15, -0.1) is 0 Å². The van der Waals surface area contributed by atoms with Crippen LogP contribution in [0.1, 0.15) is 5.56 Å². The van der Waals surface area contributed by atoms with E-state index in [1.54, 1.807) is 0 Å². The largest absolute Gasteiger partial charge is 0.453 e. The van der Waals surface area contributed by atoms with E-state index in [2.05, 4.69) is 138 Å². The fraction of sp³-hybridized carbons (Fsp3) is 0.0571. The summed E-state index contributed by atoms with van der Waals surface area (Å²) in [6, 6.07) is 38.9. The minimum absolute atomic E-state index is 0.897. The number of nitrogens with zero attached hydrogens (tertiary/aromatic N) is 2. The molecule has 0 fully saturated rings. The summed E-state index contributed by atoms with van der Waals surface area (Å²) in [4.78, 5) is 0. The average Bonchev–Trinajstić information content (AvgIpc) is 3.50. The first-order chi connectivity index (χ1) is 18.7. The molecule has 0 N–H and O–H groups in total. The van der Waals surface area contributed by atoms with Crippen LogP contribution in [0.25, 0.3) is 71.5 Å². The predicted molar refractivity (Wildman–Crippen MR) is 157 cm³/mol. The second kappa shape index (κ2) is 7.80. The Morgan fingerprint density at radius 2 is 1.29 bits per heavy atom. The van der Waals surface area contributed by atoms with Crippen molar-refractivity contribution >= 4 is 54.5 Å². The third-order valence-electron chi connectivity index (χ3n) is 8.04. The zero-order valence-corrected chi connectivity index (χ0v) is 21.3. The van der Waals surface area contributed by atoms with Gasteiger partial charge >= 0.3 is 0 Å². The van der Waals surface area contributed by atoms with E-state index in [0.29, 0.717) is 0 Å². The number of para-hydroxylation sites is 3. The summed E-state index contributed by atoms with van der Waals surface area (Å²) in [6.45, 7) is 2.22. The molecule has 3 aromatic heterocycles. The van der Waals surface area contributed by atoms with E-state index in [1.807, 2.05) is 0 Å². The van der Waals surface area contributed by atoms with Gasteiger partial charge in [0.15, 0.2) is 11.8 Å². The van der Waals surface area contributed by atoms with Gasteiger partial charge in [-0.3, -0.25) is 0 Å². The maximum atomic E-state index is 6.72. The molecule has 0 unspecified atom stereocenters. The molecule has 8 rings (SSSR count). The van der Waals surface area contributed by atoms with Crippen molar-refractivity contribution < 1.29 is 8.98 Å². The lowest BCUT2D eigenvalue weighted by Crippen LogP contribution is -2.30. The monoisotopic (exact) mass is 489 g/mol. The van der Waals surface area contributed by atoms with Crippen molar-refractivity contribution in [3.63, 3.8) is 0 Å². The first-order valence-electron chi connectivity index (χ1n) is 13.0. The van der Waals surface area contributed by atoms with Crippen molar-refractivity contribution in [3.05, 3.63) is 121 Å². The van der Waals surface area contributed by atoms with E-state index >= 15 is 0 Å². The Hall–Kier alpha value is -4.89. The molecule has 0 amide bonds. The van der Waals surface area contributed by atoms with Crippen LogP contribution in [-0.4, -0.2) is 4.57 Å². The molecule has 5 aromatic carbocycles. The number of pyridine rings is 1. The van der Waals surface area contributed by atoms with Crippen molar-refractivity contribution in [1.82, 2.24) is 4.57 Å². The van der Waals surface area contributed by atoms with Crippen LogP contribution in [-0.2, 0) is 7.05 Å². The van der Waals surface area contributed by atoms with E-state index in [9.17, 15) is 0 Å². The molecule has 8 aromatic rings. The summed E-state index contributed by atoms with van der Waals surface area (Å²) >= 11 is 0. The zero-order chi connectivity index (χ0) is 25.4. The van der Waals surface area contributed by atoms with E-state index in [1.165, 1.54) is 49.4 Å². The SMILES string of the molecule is Cc1c(-c2c3c(cc[n+]2C)oc2c(-n4c5ccccc5c5ccccc54)cccc23)ccc2ccccc12. The fourth-order valence-corrected chi connectivity index (χ4v) is 6.28. The molecule has 38 heavy (non-hydrogen) atoms. The highest BCUT2D eigenvalue weighted by Crippen LogP contribution is 2.41. The molecule has 0 radical (unpaired) electrons. The number of hydrogen-bond acceptors (Lipinski definition) is 1. The zero-order valence-electron chi connectivity index (χ0n) is 21.3. The van der Waals surface area contributed by atoms with Gasteiger partial charge in [0.1, 0.15) is 18.0 Å². The number of aryl methyl sites for hydroxylation is 2. The van der Waals surface area contributed by atoms with Gasteiger partial charge in [0.25, 0.3) is 0 Å². The van der Waals surface area contributed by atoms with Crippen molar-refractivity contribution in [3.8, 4) is 16.9 Å². The van der Waals surface area contributed by atoms with E-state index in [4.69, 9.17) is 4.42 Å². The molecule has 0 aliphatic carbocycles. The third kappa shape index (κ3) is 2.81. The van der Waals surface area contributed by atoms with Crippen molar-refractivity contribution in [2.45, 2.75) is 6.92 Å². The molecule has 0 aliphatic rings. The minimum Gasteiger partial charge on any atom is -0.453 e. The predicted octanol–water partition coefficient (Wildman–Crippen LogP) is 8.64. The van der Waals surface area contributed by atoms with Crippen LogP contribution in [0.3, 0.4) is 0 Å². The standard InChI is InChI=1S/C35H25N2O/c1-22-24-11-4-3-10-23(24)18-19-25(22)34-33-28-14-9-17-31(35(28)38-32(33)20-21-36(34)2)37-29-15-7-5-12-26(29)27-13-6-8-16-30(27)37/h3-21H,1-2H3/q+1. The van der Waals surface area contributed by atoms with Gasteiger partial charge in [-0.1, -0.05) is 78.9 Å². The number of furan rings is 1. The molecule has 3 heterocycles. The van der Waals surface area contributed by atoms with Crippen molar-refractivity contribution in [2.24, 2.45) is 7.05 Å². The number of fused-ring (bicyclic) bond motifs is 7. The van der Waals surface area contributed by atoms with Crippen molar-refractivity contribution in [1.29, 1.82) is 0 Å². The second-order valence-corrected chi connectivity index (χ2v) is 10.1. The van der Waals surface area contributed by atoms with Gasteiger partial charge in [0, 0.05) is 22.2 Å². The van der Waals surface area contributed by atoms with Gasteiger partial charge in [-0.2, -0.15) is 0 Å². The summed E-state index contributed by atoms with van der Waals surface area (Å²) in [5.74, 6) is 0. The Labute approximate surface area is 219 Å². The second-order valence-electron chi connectivity index (χ2n) is 10.1. The third-order valence-corrected chi connectivity index (χ3v) is 8.04. The van der Waals surface area contributed by atoms with E-state index < -0.39 is 0 Å². The quantitative estimate of drug-likeness (QED) is 0.223. The molecule has 3 heteroatoms. The first-order valence-corrected chi connectivity index (χ1v) is 13.0. The number of benzene rings is 5. The first kappa shape index (κ1) is 21.2. The van der Waals surface area contributed by atoms with Gasteiger partial charge in [0.2, 0.25) is 5.69 Å².